The van der Waals surface area contributed by atoms with Crippen LogP contribution in [0.25, 0.3) is 0 Å². The van der Waals surface area contributed by atoms with Crippen LogP contribution in [0.2, 0.25) is 0 Å². The summed E-state index contributed by atoms with van der Waals surface area (Å²) in [5, 5.41) is 3.26. The standard InChI is InChI=1S/C14H20N4O2S/c1-3-17-21(19,20)14-7-5-12(6-8-14)16-10-13-9-15-11-18(13)4-2/h5-9,11,16-17H,3-4,10H2,1-2H3. The van der Waals surface area contributed by atoms with E-state index < -0.39 is 10.0 Å². The van der Waals surface area contributed by atoms with Crippen LogP contribution in [0.1, 0.15) is 19.5 Å². The van der Waals surface area contributed by atoms with E-state index in [1.165, 1.54) is 0 Å². The Morgan fingerprint density at radius 3 is 2.52 bits per heavy atom. The summed E-state index contributed by atoms with van der Waals surface area (Å²) in [6.45, 7) is 5.71. The maximum atomic E-state index is 11.8. The number of aromatic nitrogens is 2. The number of nitrogens with zero attached hydrogens (tertiary/aromatic N) is 2. The van der Waals surface area contributed by atoms with Crippen LogP contribution in [-0.2, 0) is 23.1 Å². The van der Waals surface area contributed by atoms with Crippen LogP contribution in [0.15, 0.2) is 41.7 Å². The fourth-order valence-electron chi connectivity index (χ4n) is 2.00. The Balaban J connectivity index is 2.03. The van der Waals surface area contributed by atoms with E-state index >= 15 is 0 Å². The van der Waals surface area contributed by atoms with Crippen molar-refractivity contribution in [2.75, 3.05) is 11.9 Å². The van der Waals surface area contributed by atoms with Gasteiger partial charge in [-0.2, -0.15) is 0 Å². The van der Waals surface area contributed by atoms with Gasteiger partial charge < -0.3 is 9.88 Å². The van der Waals surface area contributed by atoms with Gasteiger partial charge in [-0.25, -0.2) is 18.1 Å². The summed E-state index contributed by atoms with van der Waals surface area (Å²) in [6, 6.07) is 6.71. The van der Waals surface area contributed by atoms with Gasteiger partial charge in [0.1, 0.15) is 0 Å². The molecule has 0 bridgehead atoms. The van der Waals surface area contributed by atoms with Crippen LogP contribution in [0.5, 0.6) is 0 Å². The molecular formula is C14H20N4O2S. The highest BCUT2D eigenvalue weighted by Gasteiger charge is 2.11. The highest BCUT2D eigenvalue weighted by atomic mass is 32.2. The fourth-order valence-corrected chi connectivity index (χ4v) is 3.04. The largest absolute Gasteiger partial charge is 0.379 e. The molecule has 0 aliphatic heterocycles. The molecule has 6 nitrogen and oxygen atoms in total. The average Bonchev–Trinajstić information content (AvgIpc) is 2.93. The lowest BCUT2D eigenvalue weighted by molar-refractivity contribution is 0.584. The third-order valence-electron chi connectivity index (χ3n) is 3.11. The van der Waals surface area contributed by atoms with Crippen LogP contribution in [0, 0.1) is 0 Å². The Morgan fingerprint density at radius 2 is 1.90 bits per heavy atom. The molecule has 0 saturated heterocycles. The maximum Gasteiger partial charge on any atom is 0.240 e. The van der Waals surface area contributed by atoms with Gasteiger partial charge in [-0.1, -0.05) is 6.92 Å². The van der Waals surface area contributed by atoms with Crippen LogP contribution < -0.4 is 10.0 Å². The second-order valence-corrected chi connectivity index (χ2v) is 6.32. The first-order valence-corrected chi connectivity index (χ1v) is 8.37. The predicted molar refractivity (Wildman–Crippen MR) is 82.5 cm³/mol. The molecule has 0 atom stereocenters. The first kappa shape index (κ1) is 15.5. The van der Waals surface area contributed by atoms with Gasteiger partial charge in [-0.05, 0) is 31.2 Å². The summed E-state index contributed by atoms with van der Waals surface area (Å²) in [7, 11) is -3.39. The molecule has 0 unspecified atom stereocenters. The van der Waals surface area contributed by atoms with Gasteiger partial charge >= 0.3 is 0 Å². The van der Waals surface area contributed by atoms with E-state index in [-0.39, 0.29) is 4.90 Å². The Bertz CT molecular complexity index is 677. The quantitative estimate of drug-likeness (QED) is 0.818. The molecule has 2 rings (SSSR count). The number of imidazole rings is 1. The second kappa shape index (κ2) is 6.73. The summed E-state index contributed by atoms with van der Waals surface area (Å²) < 4.78 is 28.2. The molecule has 2 aromatic rings. The molecule has 0 aliphatic carbocycles. The van der Waals surface area contributed by atoms with Crippen molar-refractivity contribution in [3.8, 4) is 0 Å². The molecule has 1 aromatic heterocycles. The van der Waals surface area contributed by atoms with Crippen molar-refractivity contribution >= 4 is 15.7 Å². The first-order valence-electron chi connectivity index (χ1n) is 6.89. The van der Waals surface area contributed by atoms with Crippen molar-refractivity contribution < 1.29 is 8.42 Å². The number of anilines is 1. The SMILES string of the molecule is CCNS(=O)(=O)c1ccc(NCc2cncn2CC)cc1. The van der Waals surface area contributed by atoms with Gasteiger partial charge in [-0.15, -0.1) is 0 Å². The lowest BCUT2D eigenvalue weighted by atomic mass is 10.3. The minimum Gasteiger partial charge on any atom is -0.379 e. The smallest absolute Gasteiger partial charge is 0.240 e. The zero-order valence-corrected chi connectivity index (χ0v) is 13.0. The normalized spacial score (nSPS) is 11.5. The lowest BCUT2D eigenvalue weighted by Crippen LogP contribution is -2.23. The van der Waals surface area contributed by atoms with E-state index in [0.29, 0.717) is 13.1 Å². The van der Waals surface area contributed by atoms with Gasteiger partial charge in [0, 0.05) is 25.0 Å². The summed E-state index contributed by atoms with van der Waals surface area (Å²) in [4.78, 5) is 4.38. The van der Waals surface area contributed by atoms with Crippen molar-refractivity contribution in [3.63, 3.8) is 0 Å². The highest BCUT2D eigenvalue weighted by Crippen LogP contribution is 2.14. The molecule has 1 heterocycles. The molecule has 114 valence electrons. The van der Waals surface area contributed by atoms with E-state index in [0.717, 1.165) is 17.9 Å². The molecule has 2 N–H and O–H groups in total. The fraction of sp³-hybridized carbons (Fsp3) is 0.357. The Hall–Kier alpha value is -1.86. The number of hydrogen-bond acceptors (Lipinski definition) is 4. The van der Waals surface area contributed by atoms with Crippen LogP contribution >= 0.6 is 0 Å². The molecule has 0 spiro atoms. The second-order valence-electron chi connectivity index (χ2n) is 4.55. The van der Waals surface area contributed by atoms with E-state index in [2.05, 4.69) is 26.5 Å². The third kappa shape index (κ3) is 3.83. The average molecular weight is 308 g/mol. The topological polar surface area (TPSA) is 76.0 Å². The minimum absolute atomic E-state index is 0.272. The van der Waals surface area contributed by atoms with Gasteiger partial charge in [0.15, 0.2) is 0 Å². The number of sulfonamides is 1. The number of nitrogens with one attached hydrogen (secondary N) is 2. The van der Waals surface area contributed by atoms with Crippen LogP contribution in [0.3, 0.4) is 0 Å². The summed E-state index contributed by atoms with van der Waals surface area (Å²) in [6.07, 6.45) is 3.61. The Kier molecular flexibility index (Phi) is 4.98. The predicted octanol–water partition coefficient (Wildman–Crippen LogP) is 1.81. The molecule has 0 saturated carbocycles. The van der Waals surface area contributed by atoms with Crippen LogP contribution in [0.4, 0.5) is 5.69 Å². The van der Waals surface area contributed by atoms with E-state index in [1.54, 1.807) is 37.5 Å². The van der Waals surface area contributed by atoms with Crippen molar-refractivity contribution in [2.45, 2.75) is 31.8 Å². The maximum absolute atomic E-state index is 11.8. The van der Waals surface area contributed by atoms with Gasteiger partial charge in [0.2, 0.25) is 10.0 Å². The van der Waals surface area contributed by atoms with Crippen molar-refractivity contribution in [1.82, 2.24) is 14.3 Å². The molecule has 7 heteroatoms. The minimum atomic E-state index is -3.39. The lowest BCUT2D eigenvalue weighted by Gasteiger charge is -2.09. The van der Waals surface area contributed by atoms with E-state index in [4.69, 9.17) is 0 Å². The number of rotatable bonds is 7. The molecule has 1 aromatic carbocycles. The molecule has 0 radical (unpaired) electrons. The van der Waals surface area contributed by atoms with Crippen molar-refractivity contribution in [1.29, 1.82) is 0 Å². The van der Waals surface area contributed by atoms with Gasteiger partial charge in [0.25, 0.3) is 0 Å². The summed E-state index contributed by atoms with van der Waals surface area (Å²) in [5.74, 6) is 0. The van der Waals surface area contributed by atoms with E-state index in [9.17, 15) is 8.42 Å². The zero-order chi connectivity index (χ0) is 15.3. The monoisotopic (exact) mass is 308 g/mol. The Labute approximate surface area is 125 Å². The zero-order valence-electron chi connectivity index (χ0n) is 12.2. The van der Waals surface area contributed by atoms with Crippen molar-refractivity contribution in [3.05, 3.63) is 42.5 Å². The van der Waals surface area contributed by atoms with Crippen molar-refractivity contribution in [2.24, 2.45) is 0 Å². The van der Waals surface area contributed by atoms with Crippen LogP contribution in [-0.4, -0.2) is 24.5 Å². The molecule has 0 aliphatic rings. The molecule has 21 heavy (non-hydrogen) atoms. The molecular weight excluding hydrogens is 288 g/mol. The molecule has 0 amide bonds. The number of hydrogen-bond donors (Lipinski definition) is 2. The van der Waals surface area contributed by atoms with Gasteiger partial charge in [-0.3, -0.25) is 0 Å². The van der Waals surface area contributed by atoms with E-state index in [1.807, 2.05) is 6.20 Å². The Morgan fingerprint density at radius 1 is 1.19 bits per heavy atom. The summed E-state index contributed by atoms with van der Waals surface area (Å²) >= 11 is 0. The number of aryl methyl sites for hydroxylation is 1. The third-order valence-corrected chi connectivity index (χ3v) is 4.67. The number of benzene rings is 1. The molecule has 0 fully saturated rings. The summed E-state index contributed by atoms with van der Waals surface area (Å²) in [5.41, 5.74) is 1.95. The highest BCUT2D eigenvalue weighted by molar-refractivity contribution is 7.89. The first-order chi connectivity index (χ1) is 10.1. The van der Waals surface area contributed by atoms with Gasteiger partial charge in [0.05, 0.1) is 23.5 Å².